The van der Waals surface area contributed by atoms with Crippen LogP contribution in [0.25, 0.3) is 0 Å². The summed E-state index contributed by atoms with van der Waals surface area (Å²) in [6.45, 7) is 4.84. The van der Waals surface area contributed by atoms with Crippen molar-refractivity contribution in [2.45, 2.75) is 20.8 Å². The molecule has 0 unspecified atom stereocenters. The molecule has 21 heavy (non-hydrogen) atoms. The molecule has 0 aliphatic rings. The summed E-state index contributed by atoms with van der Waals surface area (Å²) in [5, 5.41) is 11.5. The van der Waals surface area contributed by atoms with Gasteiger partial charge in [-0.3, -0.25) is 9.59 Å². The molecule has 116 valence electrons. The smallest absolute Gasteiger partial charge is 0.310 e. The van der Waals surface area contributed by atoms with Gasteiger partial charge < -0.3 is 19.9 Å². The van der Waals surface area contributed by atoms with Crippen LogP contribution in [0.1, 0.15) is 19.4 Å². The van der Waals surface area contributed by atoms with Gasteiger partial charge >= 0.3 is 5.97 Å². The third-order valence-electron chi connectivity index (χ3n) is 2.98. The quantitative estimate of drug-likeness (QED) is 0.798. The second kappa shape index (κ2) is 6.97. The number of carboxylic acids is 1. The first-order valence-electron chi connectivity index (χ1n) is 6.54. The zero-order valence-electron chi connectivity index (χ0n) is 12.7. The molecule has 0 spiro atoms. The summed E-state index contributed by atoms with van der Waals surface area (Å²) in [6.07, 6.45) is 0. The first-order chi connectivity index (χ1) is 9.76. The minimum atomic E-state index is -1.02. The van der Waals surface area contributed by atoms with E-state index in [0.29, 0.717) is 11.5 Å². The third kappa shape index (κ3) is 4.98. The second-order valence-electron chi connectivity index (χ2n) is 5.41. The van der Waals surface area contributed by atoms with Crippen molar-refractivity contribution in [2.24, 2.45) is 5.41 Å². The second-order valence-corrected chi connectivity index (χ2v) is 5.41. The van der Waals surface area contributed by atoms with Gasteiger partial charge in [0.25, 0.3) is 5.91 Å². The van der Waals surface area contributed by atoms with E-state index in [2.05, 4.69) is 5.32 Å². The number of carbonyl (C=O) groups is 2. The number of ether oxygens (including phenoxy) is 2. The Morgan fingerprint density at radius 3 is 2.52 bits per heavy atom. The molecule has 6 nitrogen and oxygen atoms in total. The molecule has 0 aromatic heterocycles. The Morgan fingerprint density at radius 1 is 1.29 bits per heavy atom. The van der Waals surface area contributed by atoms with Crippen LogP contribution < -0.4 is 14.8 Å². The largest absolute Gasteiger partial charge is 0.493 e. The van der Waals surface area contributed by atoms with Gasteiger partial charge in [-0.05, 0) is 38.5 Å². The van der Waals surface area contributed by atoms with Crippen LogP contribution >= 0.6 is 0 Å². The number of aliphatic carboxylic acids is 1. The van der Waals surface area contributed by atoms with Crippen molar-refractivity contribution < 1.29 is 24.2 Å². The molecule has 1 amide bonds. The van der Waals surface area contributed by atoms with Gasteiger partial charge in [0.1, 0.15) is 0 Å². The molecule has 0 radical (unpaired) electrons. The Hall–Kier alpha value is -2.24. The van der Waals surface area contributed by atoms with E-state index in [1.54, 1.807) is 26.0 Å². The first-order valence-corrected chi connectivity index (χ1v) is 6.54. The molecule has 0 aliphatic heterocycles. The number of carbonyl (C=O) groups excluding carboxylic acids is 1. The molecule has 0 heterocycles. The Bertz CT molecular complexity index is 525. The van der Waals surface area contributed by atoms with Crippen molar-refractivity contribution in [3.63, 3.8) is 0 Å². The monoisotopic (exact) mass is 295 g/mol. The molecular weight excluding hydrogens is 274 g/mol. The zero-order valence-corrected chi connectivity index (χ0v) is 12.7. The van der Waals surface area contributed by atoms with Crippen LogP contribution in [0.2, 0.25) is 0 Å². The van der Waals surface area contributed by atoms with E-state index in [1.165, 1.54) is 7.11 Å². The standard InChI is InChI=1S/C15H21NO5/c1-10-5-6-11(12(7-10)20-4)21-8-13(17)16-9-15(2,3)14(18)19/h5-7H,8-9H2,1-4H3,(H,16,17)(H,18,19). The van der Waals surface area contributed by atoms with Crippen molar-refractivity contribution >= 4 is 11.9 Å². The average molecular weight is 295 g/mol. The van der Waals surface area contributed by atoms with E-state index >= 15 is 0 Å². The summed E-state index contributed by atoms with van der Waals surface area (Å²) in [5.74, 6) is -0.333. The molecule has 0 fully saturated rings. The lowest BCUT2D eigenvalue weighted by Crippen LogP contribution is -2.40. The Labute approximate surface area is 124 Å². The van der Waals surface area contributed by atoms with Crippen LogP contribution in [0, 0.1) is 12.3 Å². The minimum absolute atomic E-state index is 0.0373. The minimum Gasteiger partial charge on any atom is -0.493 e. The summed E-state index contributed by atoms with van der Waals surface area (Å²) < 4.78 is 10.6. The number of nitrogens with one attached hydrogen (secondary N) is 1. The maximum atomic E-state index is 11.7. The third-order valence-corrected chi connectivity index (χ3v) is 2.98. The first kappa shape index (κ1) is 16.8. The van der Waals surface area contributed by atoms with Gasteiger partial charge in [-0.15, -0.1) is 0 Å². The van der Waals surface area contributed by atoms with Crippen LogP contribution in [0.15, 0.2) is 18.2 Å². The van der Waals surface area contributed by atoms with Gasteiger partial charge in [-0.1, -0.05) is 6.07 Å². The lowest BCUT2D eigenvalue weighted by atomic mass is 9.94. The van der Waals surface area contributed by atoms with Gasteiger partial charge in [0.15, 0.2) is 18.1 Å². The molecule has 0 aliphatic carbocycles. The molecule has 0 saturated carbocycles. The van der Waals surface area contributed by atoms with Crippen LogP contribution in [0.4, 0.5) is 0 Å². The predicted molar refractivity (Wildman–Crippen MR) is 77.7 cm³/mol. The van der Waals surface area contributed by atoms with Crippen molar-refractivity contribution in [3.8, 4) is 11.5 Å². The van der Waals surface area contributed by atoms with Gasteiger partial charge in [0.05, 0.1) is 12.5 Å². The van der Waals surface area contributed by atoms with Crippen LogP contribution in [0.3, 0.4) is 0 Å². The van der Waals surface area contributed by atoms with E-state index in [9.17, 15) is 9.59 Å². The number of aryl methyl sites for hydroxylation is 1. The van der Waals surface area contributed by atoms with Crippen molar-refractivity contribution in [2.75, 3.05) is 20.3 Å². The van der Waals surface area contributed by atoms with E-state index in [0.717, 1.165) is 5.56 Å². The number of methoxy groups -OCH3 is 1. The lowest BCUT2D eigenvalue weighted by molar-refractivity contribution is -0.146. The number of rotatable bonds is 7. The Balaban J connectivity index is 2.52. The fraction of sp³-hybridized carbons (Fsp3) is 0.467. The zero-order chi connectivity index (χ0) is 16.0. The average Bonchev–Trinajstić information content (AvgIpc) is 2.43. The van der Waals surface area contributed by atoms with Crippen molar-refractivity contribution in [1.82, 2.24) is 5.32 Å². The summed E-state index contributed by atoms with van der Waals surface area (Å²) in [5.41, 5.74) is 0.00358. The van der Waals surface area contributed by atoms with E-state index in [-0.39, 0.29) is 19.1 Å². The molecule has 1 aromatic rings. The van der Waals surface area contributed by atoms with Crippen molar-refractivity contribution in [3.05, 3.63) is 23.8 Å². The van der Waals surface area contributed by atoms with Gasteiger partial charge in [-0.2, -0.15) is 0 Å². The molecule has 0 saturated heterocycles. The van der Waals surface area contributed by atoms with Gasteiger partial charge in [0.2, 0.25) is 0 Å². The molecule has 2 N–H and O–H groups in total. The Morgan fingerprint density at radius 2 is 1.95 bits per heavy atom. The number of hydrogen-bond acceptors (Lipinski definition) is 4. The van der Waals surface area contributed by atoms with E-state index in [4.69, 9.17) is 14.6 Å². The molecular formula is C15H21NO5. The van der Waals surface area contributed by atoms with Crippen LogP contribution in [0.5, 0.6) is 11.5 Å². The molecule has 1 rings (SSSR count). The summed E-state index contributed by atoms with van der Waals surface area (Å²) in [4.78, 5) is 22.6. The SMILES string of the molecule is COc1cc(C)ccc1OCC(=O)NCC(C)(C)C(=O)O. The van der Waals surface area contributed by atoms with Gasteiger partial charge in [0, 0.05) is 6.54 Å². The normalized spacial score (nSPS) is 10.9. The summed E-state index contributed by atoms with van der Waals surface area (Å²) in [6, 6.07) is 5.38. The highest BCUT2D eigenvalue weighted by atomic mass is 16.5. The molecule has 6 heteroatoms. The maximum absolute atomic E-state index is 11.7. The number of benzene rings is 1. The molecule has 1 aromatic carbocycles. The highest BCUT2D eigenvalue weighted by molar-refractivity contribution is 5.79. The van der Waals surface area contributed by atoms with Crippen LogP contribution in [-0.2, 0) is 9.59 Å². The molecule has 0 atom stereocenters. The van der Waals surface area contributed by atoms with Crippen LogP contribution in [-0.4, -0.2) is 37.2 Å². The topological polar surface area (TPSA) is 84.9 Å². The van der Waals surface area contributed by atoms with E-state index in [1.807, 2.05) is 13.0 Å². The fourth-order valence-electron chi connectivity index (χ4n) is 1.48. The van der Waals surface area contributed by atoms with Crippen molar-refractivity contribution in [1.29, 1.82) is 0 Å². The molecule has 0 bridgehead atoms. The summed E-state index contributed by atoms with van der Waals surface area (Å²) in [7, 11) is 1.52. The number of hydrogen-bond donors (Lipinski definition) is 2. The summed E-state index contributed by atoms with van der Waals surface area (Å²) >= 11 is 0. The van der Waals surface area contributed by atoms with Gasteiger partial charge in [-0.25, -0.2) is 0 Å². The van der Waals surface area contributed by atoms with E-state index < -0.39 is 11.4 Å². The Kier molecular flexibility index (Phi) is 5.58. The lowest BCUT2D eigenvalue weighted by Gasteiger charge is -2.19. The number of carboxylic acid groups (broad SMARTS) is 1. The maximum Gasteiger partial charge on any atom is 0.310 e. The predicted octanol–water partition coefficient (Wildman–Crippen LogP) is 1.61. The number of amides is 1. The highest BCUT2D eigenvalue weighted by Gasteiger charge is 2.27. The fourth-order valence-corrected chi connectivity index (χ4v) is 1.48. The highest BCUT2D eigenvalue weighted by Crippen LogP contribution is 2.27.